The van der Waals surface area contributed by atoms with Gasteiger partial charge < -0.3 is 10.6 Å². The van der Waals surface area contributed by atoms with Crippen molar-refractivity contribution in [2.45, 2.75) is 6.92 Å². The summed E-state index contributed by atoms with van der Waals surface area (Å²) in [4.78, 5) is 23.1. The molecule has 2 N–H and O–H groups in total. The highest BCUT2D eigenvalue weighted by atomic mass is 32.1. The standard InChI is InChI=1S/C12H13N5OS/c1-7(5-13)6-17(2)12(18)10-8(14)9-11(19-10)16-4-3-15-9/h3-4,7H,6,14H2,1-2H3. The predicted octanol–water partition coefficient (Wildman–Crippen LogP) is 1.51. The molecule has 0 aromatic carbocycles. The van der Waals surface area contributed by atoms with Crippen LogP contribution in [0.25, 0.3) is 10.3 Å². The van der Waals surface area contributed by atoms with Crippen LogP contribution in [0, 0.1) is 17.2 Å². The van der Waals surface area contributed by atoms with E-state index in [1.807, 2.05) is 0 Å². The van der Waals surface area contributed by atoms with E-state index >= 15 is 0 Å². The van der Waals surface area contributed by atoms with E-state index in [0.29, 0.717) is 27.5 Å². The van der Waals surface area contributed by atoms with Crippen LogP contribution in [0.4, 0.5) is 5.69 Å². The van der Waals surface area contributed by atoms with Gasteiger partial charge in [0.15, 0.2) is 0 Å². The second kappa shape index (κ2) is 5.20. The van der Waals surface area contributed by atoms with Crippen molar-refractivity contribution >= 4 is 33.3 Å². The zero-order chi connectivity index (χ0) is 14.0. The van der Waals surface area contributed by atoms with Crippen molar-refractivity contribution in [3.05, 3.63) is 17.3 Å². The van der Waals surface area contributed by atoms with Crippen molar-refractivity contribution in [1.29, 1.82) is 5.26 Å². The van der Waals surface area contributed by atoms with Crippen molar-refractivity contribution < 1.29 is 4.79 Å². The maximum atomic E-state index is 12.3. The van der Waals surface area contributed by atoms with Gasteiger partial charge >= 0.3 is 0 Å². The Kier molecular flexibility index (Phi) is 3.62. The van der Waals surface area contributed by atoms with E-state index in [1.165, 1.54) is 16.2 Å². The molecule has 2 aromatic rings. The molecular formula is C12H13N5OS. The van der Waals surface area contributed by atoms with Gasteiger partial charge in [0.1, 0.15) is 15.2 Å². The number of carbonyl (C=O) groups excluding carboxylic acids is 1. The first-order valence-electron chi connectivity index (χ1n) is 5.68. The third kappa shape index (κ3) is 2.48. The number of amides is 1. The summed E-state index contributed by atoms with van der Waals surface area (Å²) >= 11 is 1.22. The number of fused-ring (bicyclic) bond motifs is 1. The molecule has 0 saturated carbocycles. The molecule has 0 saturated heterocycles. The molecule has 0 aliphatic carbocycles. The Hall–Kier alpha value is -2.20. The molecule has 7 heteroatoms. The Labute approximate surface area is 114 Å². The minimum atomic E-state index is -0.221. The van der Waals surface area contributed by atoms with Crippen molar-refractivity contribution in [2.75, 3.05) is 19.3 Å². The van der Waals surface area contributed by atoms with Crippen LogP contribution < -0.4 is 5.73 Å². The lowest BCUT2D eigenvalue weighted by Crippen LogP contribution is -2.30. The maximum Gasteiger partial charge on any atom is 0.265 e. The van der Waals surface area contributed by atoms with Gasteiger partial charge in [0, 0.05) is 26.0 Å². The fraction of sp³-hybridized carbons (Fsp3) is 0.333. The molecule has 0 spiro atoms. The van der Waals surface area contributed by atoms with E-state index in [-0.39, 0.29) is 11.8 Å². The lowest BCUT2D eigenvalue weighted by molar-refractivity contribution is 0.0791. The highest BCUT2D eigenvalue weighted by Gasteiger charge is 2.21. The van der Waals surface area contributed by atoms with E-state index in [2.05, 4.69) is 16.0 Å². The van der Waals surface area contributed by atoms with Crippen LogP contribution in [0.15, 0.2) is 12.4 Å². The molecule has 0 aliphatic heterocycles. The molecule has 2 heterocycles. The van der Waals surface area contributed by atoms with Gasteiger partial charge in [0.05, 0.1) is 17.7 Å². The summed E-state index contributed by atoms with van der Waals surface area (Å²) in [5.74, 6) is -0.426. The van der Waals surface area contributed by atoms with Crippen molar-refractivity contribution in [1.82, 2.24) is 14.9 Å². The number of carbonyl (C=O) groups is 1. The summed E-state index contributed by atoms with van der Waals surface area (Å²) < 4.78 is 0. The van der Waals surface area contributed by atoms with Crippen molar-refractivity contribution in [3.8, 4) is 6.07 Å². The molecule has 2 rings (SSSR count). The lowest BCUT2D eigenvalue weighted by atomic mass is 10.2. The molecule has 6 nitrogen and oxygen atoms in total. The largest absolute Gasteiger partial charge is 0.396 e. The Morgan fingerprint density at radius 2 is 2.26 bits per heavy atom. The van der Waals surface area contributed by atoms with Gasteiger partial charge in [-0.3, -0.25) is 4.79 Å². The third-order valence-corrected chi connectivity index (χ3v) is 3.76. The topological polar surface area (TPSA) is 95.9 Å². The highest BCUT2D eigenvalue weighted by Crippen LogP contribution is 2.31. The number of nitrogen functional groups attached to an aromatic ring is 1. The van der Waals surface area contributed by atoms with Crippen LogP contribution in [0.3, 0.4) is 0 Å². The third-order valence-electron chi connectivity index (χ3n) is 2.67. The Morgan fingerprint density at radius 1 is 1.58 bits per heavy atom. The number of nitrogens with zero attached hydrogens (tertiary/aromatic N) is 4. The number of hydrogen-bond donors (Lipinski definition) is 1. The zero-order valence-electron chi connectivity index (χ0n) is 10.6. The number of aromatic nitrogens is 2. The minimum absolute atomic E-state index is 0.204. The number of rotatable bonds is 3. The maximum absolute atomic E-state index is 12.3. The first-order valence-corrected chi connectivity index (χ1v) is 6.50. The van der Waals surface area contributed by atoms with Crippen molar-refractivity contribution in [2.24, 2.45) is 5.92 Å². The number of anilines is 1. The first kappa shape index (κ1) is 13.2. The zero-order valence-corrected chi connectivity index (χ0v) is 11.4. The van der Waals surface area contributed by atoms with Crippen LogP contribution in [0.1, 0.15) is 16.6 Å². The predicted molar refractivity (Wildman–Crippen MR) is 73.6 cm³/mol. The quantitative estimate of drug-likeness (QED) is 0.915. The van der Waals surface area contributed by atoms with Crippen LogP contribution in [0.2, 0.25) is 0 Å². The number of nitriles is 1. The van der Waals surface area contributed by atoms with Crippen LogP contribution in [-0.2, 0) is 0 Å². The summed E-state index contributed by atoms with van der Waals surface area (Å²) in [6, 6.07) is 2.10. The van der Waals surface area contributed by atoms with Gasteiger partial charge in [-0.05, 0) is 6.92 Å². The van der Waals surface area contributed by atoms with E-state index in [0.717, 1.165) is 0 Å². The molecular weight excluding hydrogens is 262 g/mol. The van der Waals surface area contributed by atoms with Gasteiger partial charge in [-0.1, -0.05) is 0 Å². The number of hydrogen-bond acceptors (Lipinski definition) is 6. The van der Waals surface area contributed by atoms with Crippen LogP contribution in [-0.4, -0.2) is 34.4 Å². The van der Waals surface area contributed by atoms with Gasteiger partial charge in [0.2, 0.25) is 0 Å². The summed E-state index contributed by atoms with van der Waals surface area (Å²) in [6.07, 6.45) is 3.11. The number of nitrogens with two attached hydrogens (primary N) is 1. The Bertz CT molecular complexity index is 660. The summed E-state index contributed by atoms with van der Waals surface area (Å²) in [5, 5.41) is 8.77. The molecule has 98 valence electrons. The van der Waals surface area contributed by atoms with E-state index in [1.54, 1.807) is 26.4 Å². The van der Waals surface area contributed by atoms with Crippen molar-refractivity contribution in [3.63, 3.8) is 0 Å². The van der Waals surface area contributed by atoms with Gasteiger partial charge in [-0.2, -0.15) is 5.26 Å². The smallest absolute Gasteiger partial charge is 0.265 e. The molecule has 1 unspecified atom stereocenters. The Balaban J connectivity index is 2.32. The normalized spacial score (nSPS) is 12.1. The molecule has 0 aliphatic rings. The minimum Gasteiger partial charge on any atom is -0.396 e. The summed E-state index contributed by atoms with van der Waals surface area (Å²) in [6.45, 7) is 2.13. The average molecular weight is 275 g/mol. The lowest BCUT2D eigenvalue weighted by Gasteiger charge is -2.17. The second-order valence-electron chi connectivity index (χ2n) is 4.27. The summed E-state index contributed by atoms with van der Waals surface area (Å²) in [7, 11) is 1.65. The second-order valence-corrected chi connectivity index (χ2v) is 5.27. The van der Waals surface area contributed by atoms with Gasteiger partial charge in [-0.15, -0.1) is 11.3 Å². The van der Waals surface area contributed by atoms with Crippen LogP contribution in [0.5, 0.6) is 0 Å². The van der Waals surface area contributed by atoms with Crippen LogP contribution >= 0.6 is 11.3 Å². The average Bonchev–Trinajstić information content (AvgIpc) is 2.75. The molecule has 0 bridgehead atoms. The highest BCUT2D eigenvalue weighted by molar-refractivity contribution is 7.21. The molecule has 1 amide bonds. The molecule has 0 fully saturated rings. The van der Waals surface area contributed by atoms with E-state index in [4.69, 9.17) is 11.0 Å². The monoisotopic (exact) mass is 275 g/mol. The van der Waals surface area contributed by atoms with E-state index < -0.39 is 0 Å². The number of thiophene rings is 1. The molecule has 1 atom stereocenters. The fourth-order valence-corrected chi connectivity index (χ4v) is 2.73. The van der Waals surface area contributed by atoms with E-state index in [9.17, 15) is 4.79 Å². The van der Waals surface area contributed by atoms with Gasteiger partial charge in [0.25, 0.3) is 5.91 Å². The summed E-state index contributed by atoms with van der Waals surface area (Å²) in [5.41, 5.74) is 6.85. The molecule has 0 radical (unpaired) electrons. The van der Waals surface area contributed by atoms with Gasteiger partial charge in [-0.25, -0.2) is 9.97 Å². The Morgan fingerprint density at radius 3 is 2.89 bits per heavy atom. The SMILES string of the molecule is CC(C#N)CN(C)C(=O)c1sc2nccnc2c1N. The molecule has 2 aromatic heterocycles. The fourth-order valence-electron chi connectivity index (χ4n) is 1.71. The molecule has 19 heavy (non-hydrogen) atoms. The first-order chi connectivity index (χ1) is 9.04.